The fourth-order valence-electron chi connectivity index (χ4n) is 2.90. The highest BCUT2D eigenvalue weighted by Crippen LogP contribution is 2.25. The lowest BCUT2D eigenvalue weighted by Gasteiger charge is -2.35. The van der Waals surface area contributed by atoms with Gasteiger partial charge in [-0.05, 0) is 71.7 Å². The van der Waals surface area contributed by atoms with Gasteiger partial charge < -0.3 is 10.1 Å². The van der Waals surface area contributed by atoms with E-state index < -0.39 is 5.60 Å². The van der Waals surface area contributed by atoms with Gasteiger partial charge in [0.05, 0.1) is 5.69 Å². The molecule has 0 radical (unpaired) electrons. The smallest absolute Gasteiger partial charge is 0.407 e. The Morgan fingerprint density at radius 2 is 2.09 bits per heavy atom. The lowest BCUT2D eigenvalue weighted by atomic mass is 9.95. The minimum Gasteiger partial charge on any atom is -0.444 e. The van der Waals surface area contributed by atoms with Crippen molar-refractivity contribution in [1.29, 1.82) is 0 Å². The zero-order valence-corrected chi connectivity index (χ0v) is 14.7. The van der Waals surface area contributed by atoms with Crippen LogP contribution >= 0.6 is 0 Å². The van der Waals surface area contributed by atoms with Crippen LogP contribution in [-0.4, -0.2) is 41.2 Å². The monoisotopic (exact) mass is 319 g/mol. The van der Waals surface area contributed by atoms with Crippen LogP contribution in [0.25, 0.3) is 0 Å². The number of nitrogens with zero attached hydrogens (tertiary/aromatic N) is 2. The van der Waals surface area contributed by atoms with Crippen LogP contribution < -0.4 is 5.32 Å². The molecule has 1 aliphatic rings. The van der Waals surface area contributed by atoms with E-state index in [-0.39, 0.29) is 6.09 Å². The van der Waals surface area contributed by atoms with Crippen LogP contribution in [0.1, 0.15) is 52.3 Å². The van der Waals surface area contributed by atoms with E-state index in [9.17, 15) is 4.79 Å². The third-order valence-electron chi connectivity index (χ3n) is 4.25. The summed E-state index contributed by atoms with van der Waals surface area (Å²) >= 11 is 0. The first-order chi connectivity index (χ1) is 10.8. The van der Waals surface area contributed by atoms with Crippen LogP contribution in [-0.2, 0) is 4.74 Å². The predicted octanol–water partition coefficient (Wildman–Crippen LogP) is 3.38. The maximum absolute atomic E-state index is 11.7. The largest absolute Gasteiger partial charge is 0.444 e. The van der Waals surface area contributed by atoms with Gasteiger partial charge in [-0.15, -0.1) is 0 Å². The van der Waals surface area contributed by atoms with Crippen molar-refractivity contribution >= 4 is 6.09 Å². The van der Waals surface area contributed by atoms with Crippen molar-refractivity contribution in [2.24, 2.45) is 5.92 Å². The van der Waals surface area contributed by atoms with Gasteiger partial charge in [0.15, 0.2) is 0 Å². The summed E-state index contributed by atoms with van der Waals surface area (Å²) in [6, 6.07) is 6.41. The Kier molecular flexibility index (Phi) is 5.99. The molecule has 2 heterocycles. The zero-order valence-electron chi connectivity index (χ0n) is 14.7. The Bertz CT molecular complexity index is 491. The number of ether oxygens (including phenoxy) is 1. The van der Waals surface area contributed by atoms with Gasteiger partial charge in [0, 0.05) is 18.8 Å². The molecule has 0 bridgehead atoms. The van der Waals surface area contributed by atoms with Gasteiger partial charge >= 0.3 is 6.09 Å². The van der Waals surface area contributed by atoms with E-state index in [2.05, 4.69) is 28.2 Å². The van der Waals surface area contributed by atoms with Gasteiger partial charge in [-0.3, -0.25) is 9.88 Å². The second kappa shape index (κ2) is 7.77. The molecule has 128 valence electrons. The molecular weight excluding hydrogens is 290 g/mol. The molecular formula is C18H29N3O2. The summed E-state index contributed by atoms with van der Waals surface area (Å²) in [5.74, 6) is 0.523. The van der Waals surface area contributed by atoms with E-state index >= 15 is 0 Å². The van der Waals surface area contributed by atoms with Crippen molar-refractivity contribution in [3.63, 3.8) is 0 Å². The second-order valence-electron chi connectivity index (χ2n) is 7.29. The standard InChI is InChI=1S/C18H29N3O2/c1-14(16-7-5-6-10-19-16)21-11-8-15(9-12-21)13-20-17(22)23-18(2,3)4/h5-7,10,14-15H,8-9,11-13H2,1-4H3,(H,20,22)/t14-/m1/s1. The average Bonchev–Trinajstić information content (AvgIpc) is 2.52. The van der Waals surface area contributed by atoms with E-state index in [0.717, 1.165) is 31.6 Å². The molecule has 1 atom stereocenters. The highest BCUT2D eigenvalue weighted by Gasteiger charge is 2.25. The number of hydrogen-bond donors (Lipinski definition) is 1. The van der Waals surface area contributed by atoms with Crippen molar-refractivity contribution in [3.05, 3.63) is 30.1 Å². The summed E-state index contributed by atoms with van der Waals surface area (Å²) in [5, 5.41) is 2.89. The fourth-order valence-corrected chi connectivity index (χ4v) is 2.90. The number of nitrogens with one attached hydrogen (secondary N) is 1. The minimum atomic E-state index is -0.439. The molecule has 0 saturated carbocycles. The maximum atomic E-state index is 11.7. The average molecular weight is 319 g/mol. The van der Waals surface area contributed by atoms with Crippen LogP contribution in [0.4, 0.5) is 4.79 Å². The molecule has 0 spiro atoms. The summed E-state index contributed by atoms with van der Waals surface area (Å²) in [6.07, 6.45) is 3.71. The first-order valence-electron chi connectivity index (χ1n) is 8.47. The van der Waals surface area contributed by atoms with Gasteiger partial charge in [-0.1, -0.05) is 6.07 Å². The Balaban J connectivity index is 1.73. The Hall–Kier alpha value is -1.62. The molecule has 23 heavy (non-hydrogen) atoms. The fraction of sp³-hybridized carbons (Fsp3) is 0.667. The third kappa shape index (κ3) is 5.82. The van der Waals surface area contributed by atoms with E-state index in [0.29, 0.717) is 18.5 Å². The highest BCUT2D eigenvalue weighted by molar-refractivity contribution is 5.67. The number of carbonyl (C=O) groups is 1. The summed E-state index contributed by atoms with van der Waals surface area (Å²) in [5.41, 5.74) is 0.684. The van der Waals surface area contributed by atoms with Gasteiger partial charge in [-0.25, -0.2) is 4.79 Å². The first-order valence-corrected chi connectivity index (χ1v) is 8.47. The molecule has 1 fully saturated rings. The van der Waals surface area contributed by atoms with Crippen LogP contribution in [0.3, 0.4) is 0 Å². The molecule has 0 unspecified atom stereocenters. The molecule has 1 N–H and O–H groups in total. The van der Waals surface area contributed by atoms with Crippen molar-refractivity contribution in [2.75, 3.05) is 19.6 Å². The highest BCUT2D eigenvalue weighted by atomic mass is 16.6. The summed E-state index contributed by atoms with van der Waals surface area (Å²) in [6.45, 7) is 10.6. The number of alkyl carbamates (subject to hydrolysis) is 1. The molecule has 1 aliphatic heterocycles. The van der Waals surface area contributed by atoms with E-state index in [1.54, 1.807) is 0 Å². The quantitative estimate of drug-likeness (QED) is 0.924. The third-order valence-corrected chi connectivity index (χ3v) is 4.25. The number of hydrogen-bond acceptors (Lipinski definition) is 4. The van der Waals surface area contributed by atoms with Gasteiger partial charge in [-0.2, -0.15) is 0 Å². The molecule has 0 aliphatic carbocycles. The molecule has 1 saturated heterocycles. The van der Waals surface area contributed by atoms with Gasteiger partial charge in [0.25, 0.3) is 0 Å². The molecule has 0 aromatic carbocycles. The van der Waals surface area contributed by atoms with E-state index in [1.807, 2.05) is 39.1 Å². The molecule has 1 aromatic heterocycles. The SMILES string of the molecule is C[C@H](c1ccccn1)N1CCC(CNC(=O)OC(C)(C)C)CC1. The normalized spacial score (nSPS) is 18.4. The summed E-state index contributed by atoms with van der Waals surface area (Å²) < 4.78 is 5.28. The topological polar surface area (TPSA) is 54.5 Å². The van der Waals surface area contributed by atoms with Crippen LogP contribution in [0, 0.1) is 5.92 Å². The molecule has 1 amide bonds. The lowest BCUT2D eigenvalue weighted by molar-refractivity contribution is 0.0505. The number of aromatic nitrogens is 1. The van der Waals surface area contributed by atoms with Crippen molar-refractivity contribution in [3.8, 4) is 0 Å². The number of pyridine rings is 1. The molecule has 5 nitrogen and oxygen atoms in total. The van der Waals surface area contributed by atoms with Gasteiger partial charge in [0.1, 0.15) is 5.60 Å². The summed E-state index contributed by atoms with van der Waals surface area (Å²) in [7, 11) is 0. The van der Waals surface area contributed by atoms with Crippen molar-refractivity contribution in [1.82, 2.24) is 15.2 Å². The van der Waals surface area contributed by atoms with Crippen molar-refractivity contribution < 1.29 is 9.53 Å². The van der Waals surface area contributed by atoms with Crippen molar-refractivity contribution in [2.45, 2.75) is 52.2 Å². The van der Waals surface area contributed by atoms with Crippen LogP contribution in [0.2, 0.25) is 0 Å². The zero-order chi connectivity index (χ0) is 16.9. The van der Waals surface area contributed by atoms with Crippen LogP contribution in [0.5, 0.6) is 0 Å². The second-order valence-corrected chi connectivity index (χ2v) is 7.29. The number of piperidine rings is 1. The summed E-state index contributed by atoms with van der Waals surface area (Å²) in [4.78, 5) is 18.6. The number of likely N-dealkylation sites (tertiary alicyclic amines) is 1. The van der Waals surface area contributed by atoms with Crippen LogP contribution in [0.15, 0.2) is 24.4 Å². The first kappa shape index (κ1) is 17.7. The number of rotatable bonds is 4. The Morgan fingerprint density at radius 1 is 1.39 bits per heavy atom. The number of amides is 1. The molecule has 5 heteroatoms. The van der Waals surface area contributed by atoms with E-state index in [4.69, 9.17) is 4.74 Å². The minimum absolute atomic E-state index is 0.318. The number of carbonyl (C=O) groups excluding carboxylic acids is 1. The lowest BCUT2D eigenvalue weighted by Crippen LogP contribution is -2.41. The Morgan fingerprint density at radius 3 is 2.65 bits per heavy atom. The maximum Gasteiger partial charge on any atom is 0.407 e. The molecule has 2 rings (SSSR count). The Labute approximate surface area is 139 Å². The predicted molar refractivity (Wildman–Crippen MR) is 91.2 cm³/mol. The molecule has 1 aromatic rings. The van der Waals surface area contributed by atoms with E-state index in [1.165, 1.54) is 0 Å². The van der Waals surface area contributed by atoms with Gasteiger partial charge in [0.2, 0.25) is 0 Å².